The van der Waals surface area contributed by atoms with Crippen LogP contribution in [0.15, 0.2) is 18.2 Å². The highest BCUT2D eigenvalue weighted by atomic mass is 32.1. The first-order chi connectivity index (χ1) is 9.65. The third-order valence-electron chi connectivity index (χ3n) is 2.88. The molecule has 1 aromatic heterocycles. The number of carboxylic acids is 1. The summed E-state index contributed by atoms with van der Waals surface area (Å²) >= 11 is 1.12. The second kappa shape index (κ2) is 5.01. The van der Waals surface area contributed by atoms with Crippen molar-refractivity contribution >= 4 is 28.2 Å². The molecule has 0 amide bonds. The third kappa shape index (κ3) is 2.27. The standard InChI is InChI=1S/C13H12N2O4S/c1-7-11(13(16)17)12(20-15-7)14-8-2-3-9-10(6-8)19-5-4-18-9/h2-3,6,14H,4-5H2,1H3,(H,16,17). The Morgan fingerprint density at radius 3 is 2.85 bits per heavy atom. The van der Waals surface area contributed by atoms with Crippen LogP contribution in [0.5, 0.6) is 11.5 Å². The van der Waals surface area contributed by atoms with Crippen molar-refractivity contribution in [1.82, 2.24) is 4.37 Å². The molecule has 0 bridgehead atoms. The number of aromatic carboxylic acids is 1. The molecule has 1 aromatic carbocycles. The number of aryl methyl sites for hydroxylation is 1. The first-order valence-corrected chi connectivity index (χ1v) is 6.79. The maximum absolute atomic E-state index is 11.2. The molecule has 0 saturated carbocycles. The number of carbonyl (C=O) groups is 1. The summed E-state index contributed by atoms with van der Waals surface area (Å²) in [5.41, 5.74) is 1.44. The topological polar surface area (TPSA) is 80.7 Å². The molecule has 1 aliphatic rings. The van der Waals surface area contributed by atoms with Gasteiger partial charge in [-0.3, -0.25) is 0 Å². The number of fused-ring (bicyclic) bond motifs is 1. The van der Waals surface area contributed by atoms with E-state index in [0.29, 0.717) is 35.4 Å². The lowest BCUT2D eigenvalue weighted by molar-refractivity contribution is 0.0697. The summed E-state index contributed by atoms with van der Waals surface area (Å²) in [7, 11) is 0. The highest BCUT2D eigenvalue weighted by Gasteiger charge is 2.18. The second-order valence-corrected chi connectivity index (χ2v) is 5.03. The lowest BCUT2D eigenvalue weighted by Gasteiger charge is -2.19. The quantitative estimate of drug-likeness (QED) is 0.905. The summed E-state index contributed by atoms with van der Waals surface area (Å²) < 4.78 is 15.0. The van der Waals surface area contributed by atoms with E-state index in [4.69, 9.17) is 9.47 Å². The molecule has 0 atom stereocenters. The molecule has 3 rings (SSSR count). The lowest BCUT2D eigenvalue weighted by atomic mass is 10.2. The van der Waals surface area contributed by atoms with Gasteiger partial charge in [-0.15, -0.1) is 0 Å². The fourth-order valence-corrected chi connectivity index (χ4v) is 2.77. The number of rotatable bonds is 3. The molecule has 0 spiro atoms. The number of nitrogens with zero attached hydrogens (tertiary/aromatic N) is 1. The van der Waals surface area contributed by atoms with E-state index in [1.807, 2.05) is 6.07 Å². The van der Waals surface area contributed by atoms with E-state index in [-0.39, 0.29) is 5.56 Å². The highest BCUT2D eigenvalue weighted by Crippen LogP contribution is 2.35. The first-order valence-electron chi connectivity index (χ1n) is 6.01. The van der Waals surface area contributed by atoms with Crippen molar-refractivity contribution in [3.05, 3.63) is 29.5 Å². The van der Waals surface area contributed by atoms with Gasteiger partial charge in [0.1, 0.15) is 23.8 Å². The Morgan fingerprint density at radius 1 is 1.35 bits per heavy atom. The van der Waals surface area contributed by atoms with Crippen molar-refractivity contribution < 1.29 is 19.4 Å². The van der Waals surface area contributed by atoms with Gasteiger partial charge in [0.05, 0.1) is 5.69 Å². The van der Waals surface area contributed by atoms with Crippen LogP contribution in [0.25, 0.3) is 0 Å². The number of benzene rings is 1. The average molecular weight is 292 g/mol. The Hall–Kier alpha value is -2.28. The number of carboxylic acid groups (broad SMARTS) is 1. The SMILES string of the molecule is Cc1nsc(Nc2ccc3c(c2)OCCO3)c1C(=O)O. The number of aromatic nitrogens is 1. The van der Waals surface area contributed by atoms with Gasteiger partial charge >= 0.3 is 5.97 Å². The molecule has 0 saturated heterocycles. The Morgan fingerprint density at radius 2 is 2.10 bits per heavy atom. The highest BCUT2D eigenvalue weighted by molar-refractivity contribution is 7.10. The van der Waals surface area contributed by atoms with Crippen molar-refractivity contribution in [2.45, 2.75) is 6.92 Å². The molecule has 0 aliphatic carbocycles. The van der Waals surface area contributed by atoms with Crippen molar-refractivity contribution in [3.8, 4) is 11.5 Å². The molecular weight excluding hydrogens is 280 g/mol. The summed E-state index contributed by atoms with van der Waals surface area (Å²) in [5.74, 6) is 0.358. The van der Waals surface area contributed by atoms with Crippen LogP contribution in [0, 0.1) is 6.92 Å². The Kier molecular flexibility index (Phi) is 3.19. The van der Waals surface area contributed by atoms with Gasteiger partial charge in [-0.2, -0.15) is 4.37 Å². The van der Waals surface area contributed by atoms with E-state index in [9.17, 15) is 9.90 Å². The van der Waals surface area contributed by atoms with E-state index < -0.39 is 5.97 Å². The summed E-state index contributed by atoms with van der Waals surface area (Å²) in [6, 6.07) is 5.40. The average Bonchev–Trinajstić information content (AvgIpc) is 2.79. The molecule has 20 heavy (non-hydrogen) atoms. The van der Waals surface area contributed by atoms with Gasteiger partial charge in [-0.25, -0.2) is 4.79 Å². The molecule has 2 aromatic rings. The summed E-state index contributed by atoms with van der Waals surface area (Å²) in [4.78, 5) is 11.2. The van der Waals surface area contributed by atoms with Crippen molar-refractivity contribution in [1.29, 1.82) is 0 Å². The molecule has 2 heterocycles. The van der Waals surface area contributed by atoms with Crippen LogP contribution in [0.2, 0.25) is 0 Å². The third-order valence-corrected chi connectivity index (χ3v) is 3.73. The monoisotopic (exact) mass is 292 g/mol. The van der Waals surface area contributed by atoms with E-state index in [2.05, 4.69) is 9.69 Å². The molecule has 0 unspecified atom stereocenters. The first kappa shape index (κ1) is 12.7. The molecule has 7 heteroatoms. The van der Waals surface area contributed by atoms with Crippen molar-refractivity contribution in [2.24, 2.45) is 0 Å². The van der Waals surface area contributed by atoms with E-state index in [1.54, 1.807) is 19.1 Å². The van der Waals surface area contributed by atoms with E-state index >= 15 is 0 Å². The van der Waals surface area contributed by atoms with E-state index in [1.165, 1.54) is 0 Å². The smallest absolute Gasteiger partial charge is 0.340 e. The number of nitrogens with one attached hydrogen (secondary N) is 1. The van der Waals surface area contributed by atoms with Crippen molar-refractivity contribution in [2.75, 3.05) is 18.5 Å². The Labute approximate surface area is 119 Å². The largest absolute Gasteiger partial charge is 0.486 e. The van der Waals surface area contributed by atoms with Gasteiger partial charge in [0.15, 0.2) is 11.5 Å². The van der Waals surface area contributed by atoms with Crippen LogP contribution in [-0.4, -0.2) is 28.7 Å². The molecule has 6 nitrogen and oxygen atoms in total. The zero-order chi connectivity index (χ0) is 14.1. The van der Waals surface area contributed by atoms with E-state index in [0.717, 1.165) is 17.2 Å². The lowest BCUT2D eigenvalue weighted by Crippen LogP contribution is -2.15. The maximum Gasteiger partial charge on any atom is 0.340 e. The minimum absolute atomic E-state index is 0.199. The number of hydrogen-bond acceptors (Lipinski definition) is 6. The van der Waals surface area contributed by atoms with Crippen LogP contribution >= 0.6 is 11.5 Å². The van der Waals surface area contributed by atoms with Gasteiger partial charge in [0.25, 0.3) is 0 Å². The van der Waals surface area contributed by atoms with Gasteiger partial charge in [0.2, 0.25) is 0 Å². The molecule has 2 N–H and O–H groups in total. The van der Waals surface area contributed by atoms with Crippen LogP contribution in [0.3, 0.4) is 0 Å². The predicted octanol–water partition coefficient (Wildman–Crippen LogP) is 2.66. The Bertz CT molecular complexity index is 668. The summed E-state index contributed by atoms with van der Waals surface area (Å²) in [6.07, 6.45) is 0. The van der Waals surface area contributed by atoms with Gasteiger partial charge in [0, 0.05) is 11.8 Å². The van der Waals surface area contributed by atoms with Gasteiger partial charge in [-0.05, 0) is 30.6 Å². The number of ether oxygens (including phenoxy) is 2. The predicted molar refractivity (Wildman–Crippen MR) is 74.5 cm³/mol. The second-order valence-electron chi connectivity index (χ2n) is 4.26. The minimum atomic E-state index is -0.990. The fourth-order valence-electron chi connectivity index (χ4n) is 1.96. The molecule has 0 radical (unpaired) electrons. The van der Waals surface area contributed by atoms with Crippen LogP contribution in [0.4, 0.5) is 10.7 Å². The molecule has 0 fully saturated rings. The Balaban J connectivity index is 1.90. The number of hydrogen-bond donors (Lipinski definition) is 2. The number of anilines is 2. The fraction of sp³-hybridized carbons (Fsp3) is 0.231. The molecule has 104 valence electrons. The van der Waals surface area contributed by atoms with Crippen LogP contribution in [-0.2, 0) is 0 Å². The maximum atomic E-state index is 11.2. The van der Waals surface area contributed by atoms with Gasteiger partial charge in [-0.1, -0.05) is 0 Å². The summed E-state index contributed by atoms with van der Waals surface area (Å²) in [6.45, 7) is 2.72. The zero-order valence-electron chi connectivity index (χ0n) is 10.7. The van der Waals surface area contributed by atoms with Gasteiger partial charge < -0.3 is 19.9 Å². The van der Waals surface area contributed by atoms with Crippen LogP contribution < -0.4 is 14.8 Å². The summed E-state index contributed by atoms with van der Waals surface area (Å²) in [5, 5.41) is 12.8. The normalized spacial score (nSPS) is 13.1. The zero-order valence-corrected chi connectivity index (χ0v) is 11.5. The van der Waals surface area contributed by atoms with Crippen LogP contribution in [0.1, 0.15) is 16.1 Å². The molecule has 1 aliphatic heterocycles. The minimum Gasteiger partial charge on any atom is -0.486 e. The molecular formula is C13H12N2O4S. The van der Waals surface area contributed by atoms with Crippen molar-refractivity contribution in [3.63, 3.8) is 0 Å².